The number of esters is 1. The maximum absolute atomic E-state index is 11.7. The SMILES string of the molecule is CCOC(=O)C(C)NC(=O)CC1CCSCC1. The summed E-state index contributed by atoms with van der Waals surface area (Å²) in [4.78, 5) is 23.0. The molecular formula is C12H21NO3S. The Morgan fingerprint density at radius 3 is 2.65 bits per heavy atom. The average molecular weight is 259 g/mol. The lowest BCUT2D eigenvalue weighted by Gasteiger charge is -2.21. The zero-order chi connectivity index (χ0) is 12.7. The molecule has 5 heteroatoms. The predicted molar refractivity (Wildman–Crippen MR) is 68.9 cm³/mol. The Balaban J connectivity index is 2.25. The first-order chi connectivity index (χ1) is 8.13. The molecule has 1 aliphatic heterocycles. The molecule has 0 bridgehead atoms. The van der Waals surface area contributed by atoms with Crippen LogP contribution in [0.25, 0.3) is 0 Å². The van der Waals surface area contributed by atoms with E-state index in [4.69, 9.17) is 4.74 Å². The summed E-state index contributed by atoms with van der Waals surface area (Å²) in [5.41, 5.74) is 0. The second kappa shape index (κ2) is 7.58. The van der Waals surface area contributed by atoms with Gasteiger partial charge in [-0.15, -0.1) is 0 Å². The molecule has 1 N–H and O–H groups in total. The fraction of sp³-hybridized carbons (Fsp3) is 0.833. The number of nitrogens with one attached hydrogen (secondary N) is 1. The molecule has 4 nitrogen and oxygen atoms in total. The van der Waals surface area contributed by atoms with E-state index in [1.165, 1.54) is 0 Å². The van der Waals surface area contributed by atoms with Crippen LogP contribution in [0.2, 0.25) is 0 Å². The van der Waals surface area contributed by atoms with Gasteiger partial charge in [0, 0.05) is 6.42 Å². The molecule has 1 fully saturated rings. The molecule has 0 aliphatic carbocycles. The van der Waals surface area contributed by atoms with Crippen LogP contribution in [0.4, 0.5) is 0 Å². The topological polar surface area (TPSA) is 55.4 Å². The number of amides is 1. The van der Waals surface area contributed by atoms with E-state index in [0.717, 1.165) is 24.3 Å². The van der Waals surface area contributed by atoms with E-state index in [1.807, 2.05) is 11.8 Å². The smallest absolute Gasteiger partial charge is 0.328 e. The van der Waals surface area contributed by atoms with Gasteiger partial charge in [0.2, 0.25) is 5.91 Å². The first kappa shape index (κ1) is 14.4. The molecule has 0 aromatic carbocycles. The van der Waals surface area contributed by atoms with E-state index in [1.54, 1.807) is 13.8 Å². The number of thioether (sulfide) groups is 1. The molecule has 98 valence electrons. The van der Waals surface area contributed by atoms with Crippen molar-refractivity contribution in [1.29, 1.82) is 0 Å². The average Bonchev–Trinajstić information content (AvgIpc) is 2.30. The lowest BCUT2D eigenvalue weighted by molar-refractivity contribution is -0.147. The lowest BCUT2D eigenvalue weighted by Crippen LogP contribution is -2.40. The van der Waals surface area contributed by atoms with Gasteiger partial charge in [0.05, 0.1) is 6.61 Å². The highest BCUT2D eigenvalue weighted by Gasteiger charge is 2.20. The summed E-state index contributed by atoms with van der Waals surface area (Å²) in [6, 6.07) is -0.541. The molecule has 1 atom stereocenters. The van der Waals surface area contributed by atoms with Crippen LogP contribution in [0.5, 0.6) is 0 Å². The Morgan fingerprint density at radius 1 is 1.41 bits per heavy atom. The molecule has 1 aliphatic rings. The zero-order valence-corrected chi connectivity index (χ0v) is 11.3. The van der Waals surface area contributed by atoms with Crippen LogP contribution in [-0.4, -0.2) is 36.0 Å². The van der Waals surface area contributed by atoms with Gasteiger partial charge in [0.15, 0.2) is 0 Å². The predicted octanol–water partition coefficient (Wildman–Crippen LogP) is 1.59. The van der Waals surface area contributed by atoms with Gasteiger partial charge in [-0.2, -0.15) is 11.8 Å². The summed E-state index contributed by atoms with van der Waals surface area (Å²) in [7, 11) is 0. The minimum Gasteiger partial charge on any atom is -0.464 e. The van der Waals surface area contributed by atoms with Crippen molar-refractivity contribution in [3.8, 4) is 0 Å². The molecule has 1 unspecified atom stereocenters. The van der Waals surface area contributed by atoms with E-state index >= 15 is 0 Å². The Labute approximate surface area is 107 Å². The number of hydrogen-bond donors (Lipinski definition) is 1. The van der Waals surface area contributed by atoms with Crippen molar-refractivity contribution in [1.82, 2.24) is 5.32 Å². The molecule has 1 heterocycles. The van der Waals surface area contributed by atoms with Gasteiger partial charge in [-0.05, 0) is 44.1 Å². The molecule has 1 amide bonds. The van der Waals surface area contributed by atoms with Crippen molar-refractivity contribution in [2.45, 2.75) is 39.2 Å². The summed E-state index contributed by atoms with van der Waals surface area (Å²) >= 11 is 1.95. The van der Waals surface area contributed by atoms with E-state index in [-0.39, 0.29) is 11.9 Å². The Morgan fingerprint density at radius 2 is 2.06 bits per heavy atom. The normalized spacial score (nSPS) is 18.5. The van der Waals surface area contributed by atoms with Crippen LogP contribution in [0.1, 0.15) is 33.1 Å². The van der Waals surface area contributed by atoms with E-state index in [9.17, 15) is 9.59 Å². The van der Waals surface area contributed by atoms with Gasteiger partial charge in [0.25, 0.3) is 0 Å². The van der Waals surface area contributed by atoms with Gasteiger partial charge in [-0.1, -0.05) is 0 Å². The van der Waals surface area contributed by atoms with Crippen LogP contribution in [0.3, 0.4) is 0 Å². The zero-order valence-electron chi connectivity index (χ0n) is 10.5. The van der Waals surface area contributed by atoms with Gasteiger partial charge < -0.3 is 10.1 Å². The van der Waals surface area contributed by atoms with Crippen LogP contribution in [0.15, 0.2) is 0 Å². The third-order valence-electron chi connectivity index (χ3n) is 2.83. The van der Waals surface area contributed by atoms with Crippen LogP contribution < -0.4 is 5.32 Å². The van der Waals surface area contributed by atoms with Crippen molar-refractivity contribution in [3.05, 3.63) is 0 Å². The molecule has 0 aromatic rings. The third-order valence-corrected chi connectivity index (χ3v) is 3.88. The van der Waals surface area contributed by atoms with Crippen molar-refractivity contribution in [3.63, 3.8) is 0 Å². The molecule has 0 spiro atoms. The molecule has 1 saturated heterocycles. The summed E-state index contributed by atoms with van der Waals surface area (Å²) in [6.07, 6.45) is 2.74. The monoisotopic (exact) mass is 259 g/mol. The van der Waals surface area contributed by atoms with Gasteiger partial charge in [-0.25, -0.2) is 4.79 Å². The number of rotatable bonds is 5. The highest BCUT2D eigenvalue weighted by molar-refractivity contribution is 7.99. The van der Waals surface area contributed by atoms with Gasteiger partial charge in [0.1, 0.15) is 6.04 Å². The summed E-state index contributed by atoms with van der Waals surface area (Å²) in [6.45, 7) is 3.76. The first-order valence-corrected chi connectivity index (χ1v) is 7.32. The number of carbonyl (C=O) groups excluding carboxylic acids is 2. The van der Waals surface area contributed by atoms with Crippen molar-refractivity contribution in [2.75, 3.05) is 18.1 Å². The Hall–Kier alpha value is -0.710. The molecule has 0 saturated carbocycles. The molecule has 1 rings (SSSR count). The fourth-order valence-electron chi connectivity index (χ4n) is 1.84. The molecule has 0 aromatic heterocycles. The second-order valence-corrected chi connectivity index (χ2v) is 5.53. The van der Waals surface area contributed by atoms with Gasteiger partial charge >= 0.3 is 5.97 Å². The minimum atomic E-state index is -0.541. The van der Waals surface area contributed by atoms with Crippen LogP contribution >= 0.6 is 11.8 Å². The second-order valence-electron chi connectivity index (χ2n) is 4.30. The van der Waals surface area contributed by atoms with E-state index < -0.39 is 6.04 Å². The first-order valence-electron chi connectivity index (χ1n) is 6.17. The number of hydrogen-bond acceptors (Lipinski definition) is 4. The fourth-order valence-corrected chi connectivity index (χ4v) is 3.04. The van der Waals surface area contributed by atoms with Crippen LogP contribution in [-0.2, 0) is 14.3 Å². The number of carbonyl (C=O) groups is 2. The largest absolute Gasteiger partial charge is 0.464 e. The summed E-state index contributed by atoms with van der Waals surface area (Å²) in [5, 5.41) is 2.69. The van der Waals surface area contributed by atoms with E-state index in [2.05, 4.69) is 5.32 Å². The molecular weight excluding hydrogens is 238 g/mol. The number of ether oxygens (including phenoxy) is 1. The van der Waals surface area contributed by atoms with Crippen molar-refractivity contribution >= 4 is 23.6 Å². The third kappa shape index (κ3) is 5.44. The lowest BCUT2D eigenvalue weighted by atomic mass is 9.98. The van der Waals surface area contributed by atoms with Crippen molar-refractivity contribution < 1.29 is 14.3 Å². The van der Waals surface area contributed by atoms with Crippen LogP contribution in [0, 0.1) is 5.92 Å². The Bertz CT molecular complexity index is 264. The maximum Gasteiger partial charge on any atom is 0.328 e. The highest BCUT2D eigenvalue weighted by atomic mass is 32.2. The van der Waals surface area contributed by atoms with E-state index in [0.29, 0.717) is 18.9 Å². The highest BCUT2D eigenvalue weighted by Crippen LogP contribution is 2.25. The quantitative estimate of drug-likeness (QED) is 0.762. The standard InChI is InChI=1S/C12H21NO3S/c1-3-16-12(15)9(2)13-11(14)8-10-4-6-17-7-5-10/h9-10H,3-8H2,1-2H3,(H,13,14). The van der Waals surface area contributed by atoms with Gasteiger partial charge in [-0.3, -0.25) is 4.79 Å². The molecule has 17 heavy (non-hydrogen) atoms. The Kier molecular flexibility index (Phi) is 6.40. The van der Waals surface area contributed by atoms with Crippen molar-refractivity contribution in [2.24, 2.45) is 5.92 Å². The summed E-state index contributed by atoms with van der Waals surface area (Å²) < 4.78 is 4.84. The maximum atomic E-state index is 11.7. The minimum absolute atomic E-state index is 0.0394. The summed E-state index contributed by atoms with van der Waals surface area (Å²) in [5.74, 6) is 2.37. The molecule has 0 radical (unpaired) electrons.